The first-order chi connectivity index (χ1) is 7.81. The van der Waals surface area contributed by atoms with Crippen LogP contribution in [0.2, 0.25) is 0 Å². The smallest absolute Gasteiger partial charge is 0.162 e. The number of nitrogens with two attached hydrogens (primary N) is 1. The summed E-state index contributed by atoms with van der Waals surface area (Å²) in [7, 11) is 0. The zero-order valence-corrected chi connectivity index (χ0v) is 9.67. The highest BCUT2D eigenvalue weighted by Crippen LogP contribution is 2.22. The number of hydrogen-bond donors (Lipinski definition) is 1. The Morgan fingerprint density at radius 1 is 1.19 bits per heavy atom. The molecule has 0 heterocycles. The minimum atomic E-state index is 0.235. The Labute approximate surface area is 96.8 Å². The first-order valence-corrected chi connectivity index (χ1v) is 6.16. The predicted octanol–water partition coefficient (Wildman–Crippen LogP) is 2.49. The van der Waals surface area contributed by atoms with E-state index in [0.29, 0.717) is 13.0 Å². The number of Topliss-reactive ketones (excluding diaryl/α,β-unsaturated/α-hetero) is 1. The molecule has 0 unspecified atom stereocenters. The van der Waals surface area contributed by atoms with E-state index >= 15 is 0 Å². The van der Waals surface area contributed by atoms with Crippen molar-refractivity contribution in [2.75, 3.05) is 6.54 Å². The van der Waals surface area contributed by atoms with Crippen LogP contribution in [-0.4, -0.2) is 12.3 Å². The molecule has 0 atom stereocenters. The lowest BCUT2D eigenvalue weighted by Crippen LogP contribution is -2.08. The third-order valence-electron chi connectivity index (χ3n) is 3.28. The average Bonchev–Trinajstić information content (AvgIpc) is 2.35. The van der Waals surface area contributed by atoms with Crippen molar-refractivity contribution in [3.63, 3.8) is 0 Å². The molecule has 1 aromatic carbocycles. The molecule has 2 rings (SSSR count). The molecule has 1 aliphatic rings. The highest BCUT2D eigenvalue weighted by atomic mass is 16.1. The maximum absolute atomic E-state index is 11.8. The Bertz CT molecular complexity index is 384. The number of rotatable bonds is 4. The van der Waals surface area contributed by atoms with Gasteiger partial charge in [0, 0.05) is 12.0 Å². The Hall–Kier alpha value is -1.15. The largest absolute Gasteiger partial charge is 0.330 e. The summed E-state index contributed by atoms with van der Waals surface area (Å²) in [6, 6.07) is 6.19. The number of carbonyl (C=O) groups excluding carboxylic acids is 1. The van der Waals surface area contributed by atoms with Crippen molar-refractivity contribution in [2.45, 2.75) is 38.5 Å². The highest BCUT2D eigenvalue weighted by molar-refractivity contribution is 5.96. The lowest BCUT2D eigenvalue weighted by molar-refractivity contribution is 0.0980. The van der Waals surface area contributed by atoms with Gasteiger partial charge in [0.2, 0.25) is 0 Å². The van der Waals surface area contributed by atoms with Crippen LogP contribution in [0.3, 0.4) is 0 Å². The minimum absolute atomic E-state index is 0.235. The van der Waals surface area contributed by atoms with Gasteiger partial charge in [0.05, 0.1) is 0 Å². The van der Waals surface area contributed by atoms with E-state index in [1.807, 2.05) is 6.07 Å². The zero-order valence-electron chi connectivity index (χ0n) is 9.67. The van der Waals surface area contributed by atoms with Crippen molar-refractivity contribution in [1.29, 1.82) is 0 Å². The van der Waals surface area contributed by atoms with E-state index in [-0.39, 0.29) is 5.78 Å². The van der Waals surface area contributed by atoms with E-state index in [1.165, 1.54) is 30.4 Å². The van der Waals surface area contributed by atoms with Crippen LogP contribution in [0.25, 0.3) is 0 Å². The van der Waals surface area contributed by atoms with Crippen LogP contribution >= 0.6 is 0 Å². The number of hydrogen-bond acceptors (Lipinski definition) is 2. The lowest BCUT2D eigenvalue weighted by Gasteiger charge is -2.16. The molecule has 0 bridgehead atoms. The molecule has 1 aliphatic carbocycles. The SMILES string of the molecule is NCCCC(=O)c1ccc2c(c1)CCCC2. The summed E-state index contributed by atoms with van der Waals surface area (Å²) in [6.07, 6.45) is 6.21. The first-order valence-electron chi connectivity index (χ1n) is 6.16. The van der Waals surface area contributed by atoms with Crippen LogP contribution in [0.4, 0.5) is 0 Å². The van der Waals surface area contributed by atoms with Crippen LogP contribution in [0.15, 0.2) is 18.2 Å². The Morgan fingerprint density at radius 2 is 1.94 bits per heavy atom. The van der Waals surface area contributed by atoms with E-state index in [2.05, 4.69) is 12.1 Å². The average molecular weight is 217 g/mol. The lowest BCUT2D eigenvalue weighted by atomic mass is 9.89. The molecule has 86 valence electrons. The summed E-state index contributed by atoms with van der Waals surface area (Å²) in [5.41, 5.74) is 9.09. The van der Waals surface area contributed by atoms with Crippen molar-refractivity contribution < 1.29 is 4.79 Å². The predicted molar refractivity (Wildman–Crippen MR) is 65.7 cm³/mol. The van der Waals surface area contributed by atoms with E-state index in [9.17, 15) is 4.79 Å². The Balaban J connectivity index is 2.13. The second-order valence-electron chi connectivity index (χ2n) is 4.51. The molecule has 2 N–H and O–H groups in total. The summed E-state index contributed by atoms with van der Waals surface area (Å²) in [6.45, 7) is 0.594. The zero-order chi connectivity index (χ0) is 11.4. The molecule has 0 radical (unpaired) electrons. The fourth-order valence-corrected chi connectivity index (χ4v) is 2.31. The molecule has 0 fully saturated rings. The molecular formula is C14H19NO. The summed E-state index contributed by atoms with van der Waals surface area (Å²) < 4.78 is 0. The van der Waals surface area contributed by atoms with Gasteiger partial charge in [0.1, 0.15) is 0 Å². The van der Waals surface area contributed by atoms with Gasteiger partial charge in [0.25, 0.3) is 0 Å². The number of ketones is 1. The summed E-state index contributed by atoms with van der Waals surface area (Å²) >= 11 is 0. The maximum atomic E-state index is 11.8. The van der Waals surface area contributed by atoms with Crippen LogP contribution in [0.5, 0.6) is 0 Å². The number of fused-ring (bicyclic) bond motifs is 1. The Morgan fingerprint density at radius 3 is 2.69 bits per heavy atom. The van der Waals surface area contributed by atoms with Crippen LogP contribution in [0.1, 0.15) is 47.2 Å². The number of carbonyl (C=O) groups is 1. The number of aryl methyl sites for hydroxylation is 2. The van der Waals surface area contributed by atoms with E-state index in [1.54, 1.807) is 0 Å². The second-order valence-corrected chi connectivity index (χ2v) is 4.51. The van der Waals surface area contributed by atoms with Gasteiger partial charge in [-0.2, -0.15) is 0 Å². The maximum Gasteiger partial charge on any atom is 0.162 e. The molecule has 16 heavy (non-hydrogen) atoms. The fourth-order valence-electron chi connectivity index (χ4n) is 2.31. The molecule has 0 aliphatic heterocycles. The van der Waals surface area contributed by atoms with Crippen molar-refractivity contribution in [1.82, 2.24) is 0 Å². The van der Waals surface area contributed by atoms with Gasteiger partial charge in [-0.25, -0.2) is 0 Å². The van der Waals surface area contributed by atoms with Crippen molar-refractivity contribution in [3.05, 3.63) is 34.9 Å². The highest BCUT2D eigenvalue weighted by Gasteiger charge is 2.12. The van der Waals surface area contributed by atoms with Gasteiger partial charge in [-0.1, -0.05) is 12.1 Å². The van der Waals surface area contributed by atoms with E-state index in [0.717, 1.165) is 18.4 Å². The van der Waals surface area contributed by atoms with Crippen LogP contribution in [-0.2, 0) is 12.8 Å². The molecular weight excluding hydrogens is 198 g/mol. The first kappa shape index (κ1) is 11.3. The summed E-state index contributed by atoms with van der Waals surface area (Å²) in [4.78, 5) is 11.8. The van der Waals surface area contributed by atoms with Crippen LogP contribution < -0.4 is 5.73 Å². The van der Waals surface area contributed by atoms with Gasteiger partial charge in [-0.3, -0.25) is 4.79 Å². The summed E-state index contributed by atoms with van der Waals surface area (Å²) in [5, 5.41) is 0. The molecule has 2 nitrogen and oxygen atoms in total. The fraction of sp³-hybridized carbons (Fsp3) is 0.500. The molecule has 0 amide bonds. The minimum Gasteiger partial charge on any atom is -0.330 e. The monoisotopic (exact) mass is 217 g/mol. The molecule has 0 aromatic heterocycles. The van der Waals surface area contributed by atoms with Gasteiger partial charge in [-0.05, 0) is 55.8 Å². The van der Waals surface area contributed by atoms with Crippen LogP contribution in [0, 0.1) is 0 Å². The van der Waals surface area contributed by atoms with Gasteiger partial charge in [-0.15, -0.1) is 0 Å². The topological polar surface area (TPSA) is 43.1 Å². The standard InChI is InChI=1S/C14H19NO/c15-9-3-6-14(16)13-8-7-11-4-1-2-5-12(11)10-13/h7-8,10H,1-6,9,15H2. The van der Waals surface area contributed by atoms with Gasteiger partial charge < -0.3 is 5.73 Å². The van der Waals surface area contributed by atoms with Gasteiger partial charge >= 0.3 is 0 Å². The normalized spacial score (nSPS) is 14.6. The third kappa shape index (κ3) is 2.50. The van der Waals surface area contributed by atoms with E-state index in [4.69, 9.17) is 5.73 Å². The van der Waals surface area contributed by atoms with Crippen molar-refractivity contribution >= 4 is 5.78 Å². The molecule has 0 saturated carbocycles. The van der Waals surface area contributed by atoms with E-state index < -0.39 is 0 Å². The number of benzene rings is 1. The second kappa shape index (κ2) is 5.26. The van der Waals surface area contributed by atoms with Crippen molar-refractivity contribution in [3.8, 4) is 0 Å². The Kier molecular flexibility index (Phi) is 3.73. The van der Waals surface area contributed by atoms with Gasteiger partial charge in [0.15, 0.2) is 5.78 Å². The molecule has 0 spiro atoms. The summed E-state index contributed by atoms with van der Waals surface area (Å²) in [5.74, 6) is 0.235. The third-order valence-corrected chi connectivity index (χ3v) is 3.28. The molecule has 2 heteroatoms. The molecule has 1 aromatic rings. The molecule has 0 saturated heterocycles. The quantitative estimate of drug-likeness (QED) is 0.787. The van der Waals surface area contributed by atoms with Crippen molar-refractivity contribution in [2.24, 2.45) is 5.73 Å².